The maximum Gasteiger partial charge on any atom is 0.260 e. The summed E-state index contributed by atoms with van der Waals surface area (Å²) in [6.07, 6.45) is 3.75. The molecule has 0 radical (unpaired) electrons. The number of nitrogens with zero attached hydrogens (tertiary/aromatic N) is 6. The fraction of sp³-hybridized carbons (Fsp3) is 0.407. The van der Waals surface area contributed by atoms with Crippen LogP contribution in [0.15, 0.2) is 24.5 Å². The third-order valence-electron chi connectivity index (χ3n) is 6.59. The molecule has 0 aliphatic carbocycles. The maximum atomic E-state index is 13.4. The van der Waals surface area contributed by atoms with E-state index in [1.807, 2.05) is 36.4 Å². The number of fused-ring (bicyclic) bond motifs is 1. The SMILES string of the molecule is COCCNc1cc(NC(=O)c2cn(C(C)C)c3cc(CN4CCN(C)CC4=O)c(C=O)nc23)ncc1C#N. The van der Waals surface area contributed by atoms with Crippen LogP contribution in [0.4, 0.5) is 11.5 Å². The Labute approximate surface area is 226 Å². The number of hydrogen-bond donors (Lipinski definition) is 2. The van der Waals surface area contributed by atoms with Gasteiger partial charge in [-0.1, -0.05) is 0 Å². The molecule has 1 saturated heterocycles. The van der Waals surface area contributed by atoms with E-state index in [1.54, 1.807) is 24.3 Å². The summed E-state index contributed by atoms with van der Waals surface area (Å²) >= 11 is 0. The number of amides is 2. The lowest BCUT2D eigenvalue weighted by Crippen LogP contribution is -2.48. The van der Waals surface area contributed by atoms with Gasteiger partial charge >= 0.3 is 0 Å². The van der Waals surface area contributed by atoms with Crippen LogP contribution in [0.2, 0.25) is 0 Å². The predicted molar refractivity (Wildman–Crippen MR) is 146 cm³/mol. The molecule has 1 aliphatic rings. The van der Waals surface area contributed by atoms with Gasteiger partial charge in [0.05, 0.1) is 35.5 Å². The molecule has 3 aromatic rings. The molecule has 204 valence electrons. The number of pyridine rings is 2. The highest BCUT2D eigenvalue weighted by molar-refractivity contribution is 6.12. The standard InChI is InChI=1S/C27H32N8O4/c1-17(2)35-14-20(27(38)32-24-10-21(29-5-8-39-4)19(11-28)12-30-24)26-23(35)9-18(22(16-36)31-26)13-34-7-6-33(3)15-25(34)37/h9-10,12,14,16-17H,5-8,13,15H2,1-4H3,(H2,29,30,32,38). The second-order valence-electron chi connectivity index (χ2n) is 9.72. The molecule has 0 atom stereocenters. The number of piperazine rings is 1. The normalized spacial score (nSPS) is 14.1. The van der Waals surface area contributed by atoms with Crippen molar-refractivity contribution in [3.8, 4) is 6.07 Å². The van der Waals surface area contributed by atoms with Gasteiger partial charge in [-0.2, -0.15) is 5.26 Å². The quantitative estimate of drug-likeness (QED) is 0.297. The van der Waals surface area contributed by atoms with Crippen LogP contribution in [-0.2, 0) is 16.1 Å². The van der Waals surface area contributed by atoms with E-state index in [2.05, 4.69) is 26.7 Å². The molecular formula is C27H32N8O4. The monoisotopic (exact) mass is 532 g/mol. The van der Waals surface area contributed by atoms with Crippen LogP contribution in [0.3, 0.4) is 0 Å². The van der Waals surface area contributed by atoms with E-state index in [-0.39, 0.29) is 35.6 Å². The summed E-state index contributed by atoms with van der Waals surface area (Å²) in [6, 6.07) is 5.50. The molecule has 0 spiro atoms. The fourth-order valence-corrected chi connectivity index (χ4v) is 4.47. The highest BCUT2D eigenvalue weighted by Crippen LogP contribution is 2.27. The first-order valence-corrected chi connectivity index (χ1v) is 12.7. The zero-order valence-corrected chi connectivity index (χ0v) is 22.5. The lowest BCUT2D eigenvalue weighted by Gasteiger charge is -2.32. The molecule has 0 aromatic carbocycles. The van der Waals surface area contributed by atoms with Crippen molar-refractivity contribution in [2.75, 3.05) is 57.6 Å². The summed E-state index contributed by atoms with van der Waals surface area (Å²) in [7, 11) is 3.48. The topological polar surface area (TPSA) is 145 Å². The minimum atomic E-state index is -0.453. The van der Waals surface area contributed by atoms with Gasteiger partial charge in [0.25, 0.3) is 5.91 Å². The van der Waals surface area contributed by atoms with Crippen LogP contribution in [0.5, 0.6) is 0 Å². The van der Waals surface area contributed by atoms with Crippen molar-refractivity contribution < 1.29 is 19.1 Å². The molecule has 0 saturated carbocycles. The van der Waals surface area contributed by atoms with E-state index >= 15 is 0 Å². The van der Waals surface area contributed by atoms with Crippen LogP contribution in [0, 0.1) is 11.3 Å². The molecule has 39 heavy (non-hydrogen) atoms. The Hall–Kier alpha value is -4.34. The Morgan fingerprint density at radius 3 is 2.77 bits per heavy atom. The van der Waals surface area contributed by atoms with Gasteiger partial charge < -0.3 is 24.8 Å². The van der Waals surface area contributed by atoms with Crippen molar-refractivity contribution in [1.82, 2.24) is 24.3 Å². The largest absolute Gasteiger partial charge is 0.383 e. The summed E-state index contributed by atoms with van der Waals surface area (Å²) in [5.41, 5.74) is 3.02. The van der Waals surface area contributed by atoms with Crippen molar-refractivity contribution >= 4 is 40.6 Å². The molecule has 1 fully saturated rings. The zero-order valence-electron chi connectivity index (χ0n) is 22.5. The van der Waals surface area contributed by atoms with Gasteiger partial charge in [0.2, 0.25) is 5.91 Å². The van der Waals surface area contributed by atoms with Crippen LogP contribution >= 0.6 is 0 Å². The number of carbonyl (C=O) groups is 3. The Balaban J connectivity index is 1.67. The Kier molecular flexibility index (Phi) is 8.53. The van der Waals surface area contributed by atoms with Crippen molar-refractivity contribution in [1.29, 1.82) is 5.26 Å². The number of nitrogens with one attached hydrogen (secondary N) is 2. The van der Waals surface area contributed by atoms with Crippen LogP contribution in [0.1, 0.15) is 51.9 Å². The van der Waals surface area contributed by atoms with E-state index in [4.69, 9.17) is 4.74 Å². The van der Waals surface area contributed by atoms with E-state index in [0.717, 1.165) is 6.54 Å². The molecular weight excluding hydrogens is 500 g/mol. The Morgan fingerprint density at radius 1 is 1.31 bits per heavy atom. The Morgan fingerprint density at radius 2 is 2.10 bits per heavy atom. The van der Waals surface area contributed by atoms with Crippen LogP contribution < -0.4 is 10.6 Å². The lowest BCUT2D eigenvalue weighted by molar-refractivity contribution is -0.136. The molecule has 1 aliphatic heterocycles. The van der Waals surface area contributed by atoms with Gasteiger partial charge in [-0.05, 0) is 27.0 Å². The maximum absolute atomic E-state index is 13.4. The van der Waals surface area contributed by atoms with Gasteiger partial charge in [-0.3, -0.25) is 19.3 Å². The molecule has 0 bridgehead atoms. The first-order valence-electron chi connectivity index (χ1n) is 12.7. The van der Waals surface area contributed by atoms with Gasteiger partial charge in [-0.15, -0.1) is 0 Å². The second-order valence-corrected chi connectivity index (χ2v) is 9.72. The number of methoxy groups -OCH3 is 1. The average molecular weight is 533 g/mol. The first-order chi connectivity index (χ1) is 18.7. The molecule has 0 unspecified atom stereocenters. The summed E-state index contributed by atoms with van der Waals surface area (Å²) in [4.78, 5) is 50.4. The molecule has 12 nitrogen and oxygen atoms in total. The second kappa shape index (κ2) is 12.0. The summed E-state index contributed by atoms with van der Waals surface area (Å²) in [5.74, 6) is -0.207. The van der Waals surface area contributed by atoms with Crippen molar-refractivity contribution in [2.24, 2.45) is 0 Å². The Bertz CT molecular complexity index is 1440. The predicted octanol–water partition coefficient (Wildman–Crippen LogP) is 2.28. The van der Waals surface area contributed by atoms with E-state index in [0.29, 0.717) is 60.4 Å². The van der Waals surface area contributed by atoms with Crippen molar-refractivity contribution in [2.45, 2.75) is 26.4 Å². The fourth-order valence-electron chi connectivity index (χ4n) is 4.47. The number of rotatable bonds is 10. The van der Waals surface area contributed by atoms with E-state index in [9.17, 15) is 19.6 Å². The highest BCUT2D eigenvalue weighted by Gasteiger charge is 2.25. The lowest BCUT2D eigenvalue weighted by atomic mass is 10.1. The van der Waals surface area contributed by atoms with Crippen LogP contribution in [-0.4, -0.2) is 89.4 Å². The molecule has 3 aromatic heterocycles. The summed E-state index contributed by atoms with van der Waals surface area (Å²) < 4.78 is 6.97. The number of aromatic nitrogens is 3. The van der Waals surface area contributed by atoms with Gasteiger partial charge in [-0.25, -0.2) is 9.97 Å². The van der Waals surface area contributed by atoms with Gasteiger partial charge in [0.15, 0.2) is 6.29 Å². The summed E-state index contributed by atoms with van der Waals surface area (Å²) in [6.45, 7) is 6.79. The molecule has 12 heteroatoms. The first kappa shape index (κ1) is 27.7. The molecule has 2 amide bonds. The summed E-state index contributed by atoms with van der Waals surface area (Å²) in [5, 5.41) is 15.3. The van der Waals surface area contributed by atoms with Crippen molar-refractivity contribution in [3.63, 3.8) is 0 Å². The number of hydrogen-bond acceptors (Lipinski definition) is 9. The van der Waals surface area contributed by atoms with Gasteiger partial charge in [0, 0.05) is 63.4 Å². The molecule has 4 heterocycles. The number of carbonyl (C=O) groups excluding carboxylic acids is 3. The third-order valence-corrected chi connectivity index (χ3v) is 6.59. The van der Waals surface area contributed by atoms with E-state index in [1.165, 1.54) is 6.20 Å². The smallest absolute Gasteiger partial charge is 0.260 e. The molecule has 4 rings (SSSR count). The van der Waals surface area contributed by atoms with Crippen LogP contribution in [0.25, 0.3) is 11.0 Å². The minimum absolute atomic E-state index is 0.000624. The molecule has 2 N–H and O–H groups in total. The van der Waals surface area contributed by atoms with Crippen molar-refractivity contribution in [3.05, 3.63) is 46.9 Å². The zero-order chi connectivity index (χ0) is 28.1. The number of anilines is 2. The third kappa shape index (κ3) is 6.05. The van der Waals surface area contributed by atoms with E-state index < -0.39 is 5.91 Å². The van der Waals surface area contributed by atoms with Gasteiger partial charge in [0.1, 0.15) is 23.1 Å². The number of likely N-dealkylation sites (N-methyl/N-ethyl adjacent to an activating group) is 1. The average Bonchev–Trinajstić information content (AvgIpc) is 3.29. The number of aldehydes is 1. The number of nitriles is 1. The highest BCUT2D eigenvalue weighted by atomic mass is 16.5. The number of ether oxygens (including phenoxy) is 1. The minimum Gasteiger partial charge on any atom is -0.383 e.